The fourth-order valence-corrected chi connectivity index (χ4v) is 5.77. The Morgan fingerprint density at radius 2 is 1.78 bits per heavy atom. The zero-order chi connectivity index (χ0) is 22.7. The molecule has 4 atom stereocenters. The number of aryl methyl sites for hydroxylation is 1. The molecule has 0 bridgehead atoms. The number of hydrogen-bond donors (Lipinski definition) is 3. The van der Waals surface area contributed by atoms with E-state index in [2.05, 4.69) is 5.32 Å². The number of nitrogens with zero attached hydrogens (tertiary/aromatic N) is 1. The number of aliphatic carboxylic acids is 2. The van der Waals surface area contributed by atoms with Crippen molar-refractivity contribution in [3.8, 4) is 0 Å². The van der Waals surface area contributed by atoms with Gasteiger partial charge in [0.25, 0.3) is 0 Å². The molecule has 1 unspecified atom stereocenters. The normalized spacial score (nSPS) is 23.6. The number of carbonyl (C=O) groups excluding carboxylic acids is 1. The predicted octanol–water partition coefficient (Wildman–Crippen LogP) is 2.36. The van der Waals surface area contributed by atoms with Gasteiger partial charge in [-0.25, -0.2) is 4.79 Å². The first-order valence-electron chi connectivity index (χ1n) is 10.7. The fourth-order valence-electron chi connectivity index (χ4n) is 4.55. The van der Waals surface area contributed by atoms with Gasteiger partial charge >= 0.3 is 11.9 Å². The maximum atomic E-state index is 13.6. The Kier molecular flexibility index (Phi) is 6.81. The van der Waals surface area contributed by atoms with Crippen LogP contribution in [-0.2, 0) is 27.2 Å². The van der Waals surface area contributed by atoms with Gasteiger partial charge in [-0.3, -0.25) is 14.9 Å². The Bertz CT molecular complexity index is 999. The van der Waals surface area contributed by atoms with Gasteiger partial charge in [-0.05, 0) is 36.0 Å². The maximum Gasteiger partial charge on any atom is 0.327 e. The van der Waals surface area contributed by atoms with E-state index in [1.54, 1.807) is 0 Å². The minimum absolute atomic E-state index is 0.322. The van der Waals surface area contributed by atoms with Crippen LogP contribution in [0, 0.1) is 0 Å². The number of benzene rings is 2. The van der Waals surface area contributed by atoms with Crippen LogP contribution in [0.25, 0.3) is 0 Å². The van der Waals surface area contributed by atoms with E-state index in [-0.39, 0.29) is 11.9 Å². The SMILES string of the molecule is O=C(O)C(CCc1ccccc1)N[C@H]1Cc2ccccc2[C@H]2CSC[C@@H](C(=O)O)N2C1=O. The summed E-state index contributed by atoms with van der Waals surface area (Å²) in [6, 6.07) is 14.3. The summed E-state index contributed by atoms with van der Waals surface area (Å²) >= 11 is 1.53. The summed E-state index contributed by atoms with van der Waals surface area (Å²) in [5.74, 6) is -1.46. The summed E-state index contributed by atoms with van der Waals surface area (Å²) in [7, 11) is 0. The quantitative estimate of drug-likeness (QED) is 0.590. The number of nitrogens with one attached hydrogen (secondary N) is 1. The first-order valence-corrected chi connectivity index (χ1v) is 11.8. The van der Waals surface area contributed by atoms with Crippen LogP contribution in [0.1, 0.15) is 29.2 Å². The third-order valence-corrected chi connectivity index (χ3v) is 7.27. The number of carboxylic acid groups (broad SMARTS) is 2. The largest absolute Gasteiger partial charge is 0.480 e. The monoisotopic (exact) mass is 454 g/mol. The zero-order valence-corrected chi connectivity index (χ0v) is 18.3. The van der Waals surface area contributed by atoms with Crippen molar-refractivity contribution in [2.24, 2.45) is 0 Å². The van der Waals surface area contributed by atoms with Crippen LogP contribution < -0.4 is 5.32 Å². The Balaban J connectivity index is 1.61. The molecule has 1 fully saturated rings. The lowest BCUT2D eigenvalue weighted by Gasteiger charge is -2.40. The molecule has 4 rings (SSSR count). The number of fused-ring (bicyclic) bond motifs is 3. The lowest BCUT2D eigenvalue weighted by Crippen LogP contribution is -2.58. The second-order valence-electron chi connectivity index (χ2n) is 8.19. The molecule has 1 saturated heterocycles. The summed E-state index contributed by atoms with van der Waals surface area (Å²) in [4.78, 5) is 39.0. The molecule has 0 saturated carbocycles. The molecule has 0 radical (unpaired) electrons. The van der Waals surface area contributed by atoms with E-state index in [0.29, 0.717) is 30.8 Å². The predicted molar refractivity (Wildman–Crippen MR) is 122 cm³/mol. The summed E-state index contributed by atoms with van der Waals surface area (Å²) in [5.41, 5.74) is 2.92. The number of thioether (sulfide) groups is 1. The van der Waals surface area contributed by atoms with Crippen LogP contribution >= 0.6 is 11.8 Å². The van der Waals surface area contributed by atoms with E-state index in [0.717, 1.165) is 16.7 Å². The zero-order valence-electron chi connectivity index (χ0n) is 17.5. The molecular formula is C24H26N2O5S. The van der Waals surface area contributed by atoms with E-state index < -0.39 is 30.1 Å². The Hall–Kier alpha value is -2.84. The molecule has 32 heavy (non-hydrogen) atoms. The molecule has 3 N–H and O–H groups in total. The molecule has 168 valence electrons. The van der Waals surface area contributed by atoms with Crippen LogP contribution in [0.3, 0.4) is 0 Å². The molecule has 2 aromatic rings. The molecule has 8 heteroatoms. The highest BCUT2D eigenvalue weighted by Crippen LogP contribution is 2.38. The molecule has 0 aromatic heterocycles. The number of rotatable bonds is 7. The van der Waals surface area contributed by atoms with E-state index in [1.807, 2.05) is 54.6 Å². The van der Waals surface area contributed by atoms with Gasteiger partial charge in [0.1, 0.15) is 12.1 Å². The topological polar surface area (TPSA) is 107 Å². The second kappa shape index (κ2) is 9.75. The van der Waals surface area contributed by atoms with E-state index >= 15 is 0 Å². The van der Waals surface area contributed by atoms with Crippen molar-refractivity contribution in [3.05, 3.63) is 71.3 Å². The molecule has 0 aliphatic carbocycles. The standard InChI is InChI=1S/C24H26N2O5S/c27-22-19(25-18(23(28)29)11-10-15-6-2-1-3-7-15)12-16-8-4-5-9-17(16)20-13-32-14-21(24(30)31)26(20)22/h1-9,18-21,25H,10-14H2,(H,28,29)(H,30,31)/t18?,19-,20+,21-/m0/s1. The Labute approximate surface area is 190 Å². The minimum Gasteiger partial charge on any atom is -0.480 e. The maximum absolute atomic E-state index is 13.6. The second-order valence-corrected chi connectivity index (χ2v) is 9.27. The van der Waals surface area contributed by atoms with Gasteiger partial charge < -0.3 is 15.1 Å². The highest BCUT2D eigenvalue weighted by Gasteiger charge is 2.45. The molecule has 2 heterocycles. The highest BCUT2D eigenvalue weighted by atomic mass is 32.2. The lowest BCUT2D eigenvalue weighted by molar-refractivity contribution is -0.152. The molecule has 2 aromatic carbocycles. The van der Waals surface area contributed by atoms with Crippen molar-refractivity contribution < 1.29 is 24.6 Å². The van der Waals surface area contributed by atoms with Gasteiger partial charge in [-0.2, -0.15) is 11.8 Å². The third-order valence-electron chi connectivity index (χ3n) is 6.16. The number of hydrogen-bond acceptors (Lipinski definition) is 5. The van der Waals surface area contributed by atoms with E-state index in [4.69, 9.17) is 0 Å². The average Bonchev–Trinajstić information content (AvgIpc) is 2.92. The Morgan fingerprint density at radius 3 is 2.50 bits per heavy atom. The van der Waals surface area contributed by atoms with Gasteiger partial charge in [0.15, 0.2) is 0 Å². The van der Waals surface area contributed by atoms with Gasteiger partial charge in [-0.15, -0.1) is 0 Å². The Morgan fingerprint density at radius 1 is 1.06 bits per heavy atom. The van der Waals surface area contributed by atoms with Gasteiger partial charge in [0.2, 0.25) is 5.91 Å². The van der Waals surface area contributed by atoms with Crippen LogP contribution in [0.4, 0.5) is 0 Å². The highest BCUT2D eigenvalue weighted by molar-refractivity contribution is 7.99. The van der Waals surface area contributed by atoms with Gasteiger partial charge in [0.05, 0.1) is 12.1 Å². The minimum atomic E-state index is -1.03. The van der Waals surface area contributed by atoms with Gasteiger partial charge in [-0.1, -0.05) is 54.6 Å². The summed E-state index contributed by atoms with van der Waals surface area (Å²) < 4.78 is 0. The molecule has 7 nitrogen and oxygen atoms in total. The van der Waals surface area contributed by atoms with Crippen molar-refractivity contribution in [2.75, 3.05) is 11.5 Å². The third kappa shape index (κ3) is 4.66. The smallest absolute Gasteiger partial charge is 0.327 e. The molecule has 2 aliphatic heterocycles. The number of carboxylic acids is 2. The van der Waals surface area contributed by atoms with Gasteiger partial charge in [0, 0.05) is 11.5 Å². The number of carbonyl (C=O) groups is 3. The summed E-state index contributed by atoms with van der Waals surface area (Å²) in [6.07, 6.45) is 1.21. The van der Waals surface area contributed by atoms with Crippen molar-refractivity contribution in [3.63, 3.8) is 0 Å². The van der Waals surface area contributed by atoms with Crippen LogP contribution in [-0.4, -0.2) is 62.6 Å². The van der Waals surface area contributed by atoms with Crippen molar-refractivity contribution in [1.29, 1.82) is 0 Å². The molecule has 0 spiro atoms. The fraction of sp³-hybridized carbons (Fsp3) is 0.375. The van der Waals surface area contributed by atoms with Crippen molar-refractivity contribution in [2.45, 2.75) is 43.4 Å². The summed E-state index contributed by atoms with van der Waals surface area (Å²) in [6.45, 7) is 0. The molecular weight excluding hydrogens is 428 g/mol. The van der Waals surface area contributed by atoms with Crippen LogP contribution in [0.5, 0.6) is 0 Å². The van der Waals surface area contributed by atoms with E-state index in [9.17, 15) is 24.6 Å². The lowest BCUT2D eigenvalue weighted by atomic mass is 9.97. The van der Waals surface area contributed by atoms with Crippen LogP contribution in [0.15, 0.2) is 54.6 Å². The first-order chi connectivity index (χ1) is 15.5. The molecule has 2 aliphatic rings. The van der Waals surface area contributed by atoms with E-state index in [1.165, 1.54) is 16.7 Å². The molecule has 1 amide bonds. The first kappa shape index (κ1) is 22.4. The average molecular weight is 455 g/mol. The summed E-state index contributed by atoms with van der Waals surface area (Å²) in [5, 5.41) is 22.7. The number of amides is 1. The van der Waals surface area contributed by atoms with Crippen LogP contribution in [0.2, 0.25) is 0 Å². The van der Waals surface area contributed by atoms with Crippen molar-refractivity contribution >= 4 is 29.6 Å². The van der Waals surface area contributed by atoms with Crippen molar-refractivity contribution in [1.82, 2.24) is 10.2 Å².